The lowest BCUT2D eigenvalue weighted by molar-refractivity contribution is 0.0949. The van der Waals surface area contributed by atoms with Crippen molar-refractivity contribution >= 4 is 5.91 Å². The highest BCUT2D eigenvalue weighted by molar-refractivity contribution is 5.98. The molecule has 0 radical (unpaired) electrons. The maximum absolute atomic E-state index is 13.2. The summed E-state index contributed by atoms with van der Waals surface area (Å²) in [6.07, 6.45) is 4.08. The van der Waals surface area contributed by atoms with Gasteiger partial charge in [0.15, 0.2) is 5.69 Å². The van der Waals surface area contributed by atoms with Crippen LogP contribution < -0.4 is 5.32 Å². The Labute approximate surface area is 138 Å². The predicted octanol–water partition coefficient (Wildman–Crippen LogP) is 2.61. The van der Waals surface area contributed by atoms with Gasteiger partial charge in [0.1, 0.15) is 11.5 Å². The Morgan fingerprint density at radius 1 is 1.17 bits per heavy atom. The van der Waals surface area contributed by atoms with Gasteiger partial charge in [-0.2, -0.15) is 0 Å². The molecule has 1 aromatic carbocycles. The van der Waals surface area contributed by atoms with Crippen molar-refractivity contribution in [2.45, 2.75) is 13.3 Å². The highest BCUT2D eigenvalue weighted by atomic mass is 19.1. The Balaban J connectivity index is 2.11. The summed E-state index contributed by atoms with van der Waals surface area (Å²) < 4.78 is 14.7. The molecule has 24 heavy (non-hydrogen) atoms. The molecule has 0 atom stereocenters. The lowest BCUT2D eigenvalue weighted by Gasteiger charge is -2.08. The number of hydrogen-bond donors (Lipinski definition) is 1. The molecular weight excluding hydrogens is 309 g/mol. The van der Waals surface area contributed by atoms with Crippen LogP contribution in [0.15, 0.2) is 48.8 Å². The molecule has 0 saturated heterocycles. The average Bonchev–Trinajstić information content (AvgIpc) is 3.06. The number of amides is 1. The number of rotatable bonds is 5. The number of carbonyl (C=O) groups excluding carboxylic acids is 1. The minimum Gasteiger partial charge on any atom is -0.351 e. The molecule has 3 rings (SSSR count). The SMILES string of the molecule is CCCNC(=O)c1nnn(-c2ccc(F)cc2)c1-c1ccncc1. The summed E-state index contributed by atoms with van der Waals surface area (Å²) in [5, 5.41) is 10.9. The van der Waals surface area contributed by atoms with Gasteiger partial charge in [0.05, 0.1) is 5.69 Å². The topological polar surface area (TPSA) is 72.7 Å². The minimum absolute atomic E-state index is 0.221. The Morgan fingerprint density at radius 3 is 2.54 bits per heavy atom. The summed E-state index contributed by atoms with van der Waals surface area (Å²) in [7, 11) is 0. The fourth-order valence-corrected chi connectivity index (χ4v) is 2.29. The van der Waals surface area contributed by atoms with Gasteiger partial charge >= 0.3 is 0 Å². The van der Waals surface area contributed by atoms with Crippen LogP contribution in [0.1, 0.15) is 23.8 Å². The van der Waals surface area contributed by atoms with Crippen molar-refractivity contribution in [3.8, 4) is 16.9 Å². The summed E-state index contributed by atoms with van der Waals surface area (Å²) >= 11 is 0. The van der Waals surface area contributed by atoms with E-state index < -0.39 is 0 Å². The highest BCUT2D eigenvalue weighted by Gasteiger charge is 2.21. The molecule has 0 unspecified atom stereocenters. The molecule has 0 aliphatic rings. The zero-order valence-electron chi connectivity index (χ0n) is 13.1. The fourth-order valence-electron chi connectivity index (χ4n) is 2.29. The zero-order valence-corrected chi connectivity index (χ0v) is 13.1. The Morgan fingerprint density at radius 2 is 1.88 bits per heavy atom. The van der Waals surface area contributed by atoms with E-state index in [1.165, 1.54) is 16.8 Å². The van der Waals surface area contributed by atoms with Crippen LogP contribution in [0.2, 0.25) is 0 Å². The lowest BCUT2D eigenvalue weighted by atomic mass is 10.1. The van der Waals surface area contributed by atoms with Crippen molar-refractivity contribution in [3.05, 3.63) is 60.3 Å². The normalized spacial score (nSPS) is 10.6. The fraction of sp³-hybridized carbons (Fsp3) is 0.176. The third-order valence-corrected chi connectivity index (χ3v) is 3.45. The Kier molecular flexibility index (Phi) is 4.60. The van der Waals surface area contributed by atoms with Crippen molar-refractivity contribution in [1.29, 1.82) is 0 Å². The zero-order chi connectivity index (χ0) is 16.9. The molecule has 0 bridgehead atoms. The van der Waals surface area contributed by atoms with Crippen LogP contribution in [0.25, 0.3) is 16.9 Å². The van der Waals surface area contributed by atoms with Crippen LogP contribution in [0.3, 0.4) is 0 Å². The standard InChI is InChI=1S/C17H16FN5O/c1-2-9-20-17(24)15-16(12-7-10-19-11-8-12)23(22-21-15)14-5-3-13(18)4-6-14/h3-8,10-11H,2,9H2,1H3,(H,20,24). The molecule has 3 aromatic rings. The second kappa shape index (κ2) is 6.99. The summed E-state index contributed by atoms with van der Waals surface area (Å²) in [6, 6.07) is 9.39. The van der Waals surface area contributed by atoms with Crippen molar-refractivity contribution in [1.82, 2.24) is 25.3 Å². The van der Waals surface area contributed by atoms with E-state index in [0.717, 1.165) is 12.0 Å². The van der Waals surface area contributed by atoms with E-state index in [1.54, 1.807) is 36.7 Å². The molecule has 2 aromatic heterocycles. The van der Waals surface area contributed by atoms with Gasteiger partial charge in [-0.25, -0.2) is 9.07 Å². The molecule has 0 aliphatic heterocycles. The van der Waals surface area contributed by atoms with Crippen molar-refractivity contribution < 1.29 is 9.18 Å². The minimum atomic E-state index is -0.342. The number of nitrogens with one attached hydrogen (secondary N) is 1. The summed E-state index contributed by atoms with van der Waals surface area (Å²) in [5.41, 5.74) is 2.13. The summed E-state index contributed by atoms with van der Waals surface area (Å²) in [4.78, 5) is 16.4. The van der Waals surface area contributed by atoms with Gasteiger partial charge in [0.25, 0.3) is 5.91 Å². The molecule has 2 heterocycles. The number of halogens is 1. The van der Waals surface area contributed by atoms with Gasteiger partial charge in [-0.05, 0) is 42.8 Å². The number of nitrogens with zero attached hydrogens (tertiary/aromatic N) is 4. The third kappa shape index (κ3) is 3.15. The molecule has 0 saturated carbocycles. The van der Waals surface area contributed by atoms with Crippen LogP contribution in [0.4, 0.5) is 4.39 Å². The van der Waals surface area contributed by atoms with Crippen molar-refractivity contribution in [3.63, 3.8) is 0 Å². The molecule has 122 valence electrons. The summed E-state index contributed by atoms with van der Waals surface area (Å²) in [6.45, 7) is 2.53. The first-order valence-corrected chi connectivity index (χ1v) is 7.61. The number of aromatic nitrogens is 4. The quantitative estimate of drug-likeness (QED) is 0.782. The third-order valence-electron chi connectivity index (χ3n) is 3.45. The van der Waals surface area contributed by atoms with Crippen LogP contribution in [-0.4, -0.2) is 32.4 Å². The van der Waals surface area contributed by atoms with Crippen LogP contribution in [-0.2, 0) is 0 Å². The maximum Gasteiger partial charge on any atom is 0.274 e. The molecule has 1 N–H and O–H groups in total. The monoisotopic (exact) mass is 325 g/mol. The number of carbonyl (C=O) groups is 1. The first-order chi connectivity index (χ1) is 11.7. The predicted molar refractivity (Wildman–Crippen MR) is 87.2 cm³/mol. The molecule has 0 fully saturated rings. The Bertz CT molecular complexity index is 830. The molecule has 0 spiro atoms. The first kappa shape index (κ1) is 15.8. The van der Waals surface area contributed by atoms with Gasteiger partial charge in [0, 0.05) is 24.5 Å². The molecule has 0 aliphatic carbocycles. The van der Waals surface area contributed by atoms with E-state index in [2.05, 4.69) is 20.6 Å². The smallest absolute Gasteiger partial charge is 0.274 e. The average molecular weight is 325 g/mol. The van der Waals surface area contributed by atoms with Gasteiger partial charge in [0.2, 0.25) is 0 Å². The van der Waals surface area contributed by atoms with Crippen LogP contribution in [0, 0.1) is 5.82 Å². The van der Waals surface area contributed by atoms with Crippen LogP contribution in [0.5, 0.6) is 0 Å². The second-order valence-electron chi connectivity index (χ2n) is 5.17. The molecule has 6 nitrogen and oxygen atoms in total. The van der Waals surface area contributed by atoms with Gasteiger partial charge in [-0.15, -0.1) is 5.10 Å². The van der Waals surface area contributed by atoms with E-state index in [9.17, 15) is 9.18 Å². The van der Waals surface area contributed by atoms with E-state index in [0.29, 0.717) is 17.9 Å². The number of hydrogen-bond acceptors (Lipinski definition) is 4. The highest BCUT2D eigenvalue weighted by Crippen LogP contribution is 2.24. The van der Waals surface area contributed by atoms with Gasteiger partial charge < -0.3 is 5.32 Å². The lowest BCUT2D eigenvalue weighted by Crippen LogP contribution is -2.25. The van der Waals surface area contributed by atoms with Crippen LogP contribution >= 0.6 is 0 Å². The van der Waals surface area contributed by atoms with Crippen molar-refractivity contribution in [2.75, 3.05) is 6.54 Å². The van der Waals surface area contributed by atoms with Gasteiger partial charge in [-0.3, -0.25) is 9.78 Å². The maximum atomic E-state index is 13.2. The second-order valence-corrected chi connectivity index (χ2v) is 5.17. The summed E-state index contributed by atoms with van der Waals surface area (Å²) in [5.74, 6) is -0.637. The van der Waals surface area contributed by atoms with E-state index in [-0.39, 0.29) is 17.4 Å². The van der Waals surface area contributed by atoms with E-state index in [4.69, 9.17) is 0 Å². The number of benzene rings is 1. The molecular formula is C17H16FN5O. The van der Waals surface area contributed by atoms with E-state index in [1.807, 2.05) is 6.92 Å². The first-order valence-electron chi connectivity index (χ1n) is 7.61. The molecule has 7 heteroatoms. The van der Waals surface area contributed by atoms with Crippen molar-refractivity contribution in [2.24, 2.45) is 0 Å². The van der Waals surface area contributed by atoms with E-state index >= 15 is 0 Å². The Hall–Kier alpha value is -3.09. The van der Waals surface area contributed by atoms with Gasteiger partial charge in [-0.1, -0.05) is 12.1 Å². The molecule has 1 amide bonds. The largest absolute Gasteiger partial charge is 0.351 e. The number of pyridine rings is 1.